The maximum absolute atomic E-state index is 12.9. The Kier molecular flexibility index (Phi) is 3.37. The van der Waals surface area contributed by atoms with E-state index in [-0.39, 0.29) is 11.4 Å². The van der Waals surface area contributed by atoms with E-state index in [0.29, 0.717) is 17.4 Å². The van der Waals surface area contributed by atoms with E-state index in [4.69, 9.17) is 4.74 Å². The highest BCUT2D eigenvalue weighted by Crippen LogP contribution is 2.69. The van der Waals surface area contributed by atoms with Crippen molar-refractivity contribution >= 4 is 5.97 Å². The smallest absolute Gasteiger partial charge is 0.312 e. The van der Waals surface area contributed by atoms with Gasteiger partial charge < -0.3 is 4.74 Å². The summed E-state index contributed by atoms with van der Waals surface area (Å²) in [6.07, 6.45) is 7.94. The van der Waals surface area contributed by atoms with Gasteiger partial charge in [-0.1, -0.05) is 44.2 Å². The van der Waals surface area contributed by atoms with Gasteiger partial charge in [-0.2, -0.15) is 0 Å². The van der Waals surface area contributed by atoms with Crippen LogP contribution in [0.4, 0.5) is 0 Å². The minimum Gasteiger partial charge on any atom is -0.465 e. The summed E-state index contributed by atoms with van der Waals surface area (Å²) in [5.41, 5.74) is 1.79. The second-order valence-electron chi connectivity index (χ2n) is 9.28. The number of carbonyl (C=O) groups is 1. The third-order valence-corrected chi connectivity index (χ3v) is 6.53. The molecule has 4 aliphatic rings. The molecule has 1 aromatic rings. The number of hydrogen-bond acceptors (Lipinski definition) is 2. The second kappa shape index (κ2) is 5.09. The third kappa shape index (κ3) is 2.70. The van der Waals surface area contributed by atoms with Crippen LogP contribution >= 0.6 is 0 Å². The minimum absolute atomic E-state index is 0.0926. The van der Waals surface area contributed by atoms with Crippen molar-refractivity contribution in [3.05, 3.63) is 35.9 Å². The van der Waals surface area contributed by atoms with E-state index >= 15 is 0 Å². The zero-order valence-electron chi connectivity index (χ0n) is 14.4. The number of esters is 1. The average molecular weight is 312 g/mol. The lowest BCUT2D eigenvalue weighted by Gasteiger charge is -2.64. The van der Waals surface area contributed by atoms with Crippen molar-refractivity contribution < 1.29 is 9.53 Å². The molecule has 1 aromatic carbocycles. The molecule has 0 aromatic heterocycles. The molecule has 0 radical (unpaired) electrons. The van der Waals surface area contributed by atoms with Crippen molar-refractivity contribution in [2.24, 2.45) is 22.2 Å². The number of ether oxygens (including phenoxy) is 1. The van der Waals surface area contributed by atoms with Crippen LogP contribution in [0.15, 0.2) is 30.3 Å². The summed E-state index contributed by atoms with van der Waals surface area (Å²) in [4.78, 5) is 12.9. The van der Waals surface area contributed by atoms with Gasteiger partial charge in [0.25, 0.3) is 0 Å². The van der Waals surface area contributed by atoms with E-state index < -0.39 is 0 Å². The zero-order valence-corrected chi connectivity index (χ0v) is 14.4. The predicted octanol–water partition coefficient (Wildman–Crippen LogP) is 4.77. The Morgan fingerprint density at radius 1 is 1.04 bits per heavy atom. The highest BCUT2D eigenvalue weighted by atomic mass is 16.5. The van der Waals surface area contributed by atoms with E-state index in [1.54, 1.807) is 0 Å². The number of hydrogen-bond donors (Lipinski definition) is 0. The van der Waals surface area contributed by atoms with Crippen molar-refractivity contribution in [1.82, 2.24) is 0 Å². The van der Waals surface area contributed by atoms with Gasteiger partial charge in [-0.05, 0) is 60.8 Å². The van der Waals surface area contributed by atoms with Crippen LogP contribution in [0.1, 0.15) is 57.9 Å². The van der Waals surface area contributed by atoms with Gasteiger partial charge in [0.2, 0.25) is 0 Å². The lowest BCUT2D eigenvalue weighted by atomic mass is 9.40. The van der Waals surface area contributed by atoms with E-state index in [9.17, 15) is 4.79 Å². The van der Waals surface area contributed by atoms with Gasteiger partial charge in [-0.3, -0.25) is 4.79 Å². The Morgan fingerprint density at radius 2 is 1.70 bits per heavy atom. The first kappa shape index (κ1) is 15.2. The second-order valence-corrected chi connectivity index (χ2v) is 9.28. The molecule has 2 nitrogen and oxygen atoms in total. The van der Waals surface area contributed by atoms with Crippen LogP contribution in [0.5, 0.6) is 0 Å². The quantitative estimate of drug-likeness (QED) is 0.749. The average Bonchev–Trinajstić information content (AvgIpc) is 2.44. The van der Waals surface area contributed by atoms with Crippen LogP contribution in [-0.2, 0) is 16.0 Å². The van der Waals surface area contributed by atoms with Crippen molar-refractivity contribution in [2.75, 3.05) is 6.61 Å². The molecular formula is C21H28O2. The molecule has 124 valence electrons. The summed E-state index contributed by atoms with van der Waals surface area (Å²) in [5, 5.41) is 0. The molecule has 4 fully saturated rings. The highest BCUT2D eigenvalue weighted by molar-refractivity contribution is 5.77. The van der Waals surface area contributed by atoms with Crippen molar-refractivity contribution in [3.63, 3.8) is 0 Å². The Hall–Kier alpha value is -1.31. The summed E-state index contributed by atoms with van der Waals surface area (Å²) in [5.74, 6) is 0.831. The largest absolute Gasteiger partial charge is 0.465 e. The molecule has 4 saturated carbocycles. The summed E-state index contributed by atoms with van der Waals surface area (Å²) >= 11 is 0. The SMILES string of the molecule is CC12CC3CC(C)(C1)CC(C(=O)OCCc1ccccc1)(C3)C2. The molecule has 0 N–H and O–H groups in total. The van der Waals surface area contributed by atoms with Crippen molar-refractivity contribution in [2.45, 2.75) is 58.8 Å². The maximum atomic E-state index is 12.9. The molecule has 5 rings (SSSR count). The summed E-state index contributed by atoms with van der Waals surface area (Å²) in [7, 11) is 0. The van der Waals surface area contributed by atoms with Crippen LogP contribution in [0.2, 0.25) is 0 Å². The van der Waals surface area contributed by atoms with Gasteiger partial charge >= 0.3 is 5.97 Å². The lowest BCUT2D eigenvalue weighted by molar-refractivity contribution is -0.191. The molecule has 4 aliphatic carbocycles. The molecule has 2 atom stereocenters. The molecule has 0 spiro atoms. The van der Waals surface area contributed by atoms with E-state index in [1.807, 2.05) is 18.2 Å². The number of carbonyl (C=O) groups excluding carboxylic acids is 1. The fraction of sp³-hybridized carbons (Fsp3) is 0.667. The van der Waals surface area contributed by atoms with Crippen molar-refractivity contribution in [1.29, 1.82) is 0 Å². The van der Waals surface area contributed by atoms with Crippen molar-refractivity contribution in [3.8, 4) is 0 Å². The molecule has 0 saturated heterocycles. The number of benzene rings is 1. The molecule has 2 unspecified atom stereocenters. The molecular weight excluding hydrogens is 284 g/mol. The predicted molar refractivity (Wildman–Crippen MR) is 90.9 cm³/mol. The highest BCUT2D eigenvalue weighted by Gasteiger charge is 2.63. The fourth-order valence-corrected chi connectivity index (χ4v) is 6.73. The van der Waals surface area contributed by atoms with E-state index in [0.717, 1.165) is 31.6 Å². The summed E-state index contributed by atoms with van der Waals surface area (Å²) < 4.78 is 5.78. The zero-order chi connectivity index (χ0) is 16.1. The molecule has 23 heavy (non-hydrogen) atoms. The molecule has 2 heteroatoms. The summed E-state index contributed by atoms with van der Waals surface area (Å²) in [6, 6.07) is 10.3. The summed E-state index contributed by atoms with van der Waals surface area (Å²) in [6.45, 7) is 5.33. The first-order valence-corrected chi connectivity index (χ1v) is 9.12. The third-order valence-electron chi connectivity index (χ3n) is 6.53. The molecule has 0 aliphatic heterocycles. The van der Waals surface area contributed by atoms with Crippen LogP contribution in [0.3, 0.4) is 0 Å². The standard InChI is InChI=1S/C21H28O2/c1-19-10-17-11-20(2,13-19)15-21(12-17,14-19)18(22)23-9-8-16-6-4-3-5-7-16/h3-7,17H,8-15H2,1-2H3. The van der Waals surface area contributed by atoms with Gasteiger partial charge in [0, 0.05) is 6.42 Å². The normalized spacial score (nSPS) is 41.0. The van der Waals surface area contributed by atoms with Crippen LogP contribution in [0.25, 0.3) is 0 Å². The van der Waals surface area contributed by atoms with Gasteiger partial charge in [0.05, 0.1) is 12.0 Å². The Morgan fingerprint density at radius 3 is 2.30 bits per heavy atom. The van der Waals surface area contributed by atoms with Crippen LogP contribution < -0.4 is 0 Å². The van der Waals surface area contributed by atoms with Crippen LogP contribution in [0, 0.1) is 22.2 Å². The van der Waals surface area contributed by atoms with E-state index in [2.05, 4.69) is 26.0 Å². The van der Waals surface area contributed by atoms with Gasteiger partial charge in [-0.15, -0.1) is 0 Å². The Labute approximate surface area is 139 Å². The Bertz CT molecular complexity index is 588. The topological polar surface area (TPSA) is 26.3 Å². The van der Waals surface area contributed by atoms with E-state index in [1.165, 1.54) is 24.8 Å². The van der Waals surface area contributed by atoms with Gasteiger partial charge in [0.15, 0.2) is 0 Å². The monoisotopic (exact) mass is 312 g/mol. The first-order chi connectivity index (χ1) is 10.9. The van der Waals surface area contributed by atoms with Crippen LogP contribution in [-0.4, -0.2) is 12.6 Å². The first-order valence-electron chi connectivity index (χ1n) is 9.12. The maximum Gasteiger partial charge on any atom is 0.312 e. The Balaban J connectivity index is 1.44. The number of rotatable bonds is 4. The molecule has 0 amide bonds. The lowest BCUT2D eigenvalue weighted by Crippen LogP contribution is -2.58. The van der Waals surface area contributed by atoms with Gasteiger partial charge in [0.1, 0.15) is 0 Å². The molecule has 0 heterocycles. The van der Waals surface area contributed by atoms with Gasteiger partial charge in [-0.25, -0.2) is 0 Å². The molecule has 4 bridgehead atoms. The fourth-order valence-electron chi connectivity index (χ4n) is 6.73. The minimum atomic E-state index is -0.181.